The number of rotatable bonds is 6. The zero-order valence-corrected chi connectivity index (χ0v) is 12.2. The average Bonchev–Trinajstić information content (AvgIpc) is 2.26. The van der Waals surface area contributed by atoms with Crippen molar-refractivity contribution >= 4 is 17.3 Å². The van der Waals surface area contributed by atoms with Crippen LogP contribution in [-0.4, -0.2) is 24.2 Å². The van der Waals surface area contributed by atoms with Gasteiger partial charge < -0.3 is 15.7 Å². The highest BCUT2D eigenvalue weighted by atomic mass is 16.4. The van der Waals surface area contributed by atoms with Gasteiger partial charge >= 0.3 is 5.97 Å². The maximum absolute atomic E-state index is 11.4. The van der Waals surface area contributed by atoms with Crippen LogP contribution < -0.4 is 10.6 Å². The molecular weight excluding hydrogens is 240 g/mol. The van der Waals surface area contributed by atoms with Crippen LogP contribution in [0.5, 0.6) is 0 Å². The molecule has 1 aromatic rings. The van der Waals surface area contributed by atoms with Crippen LogP contribution in [0, 0.1) is 11.8 Å². The fourth-order valence-corrected chi connectivity index (χ4v) is 2.23. The number of hydrogen-bond acceptors (Lipinski definition) is 3. The number of hydrogen-bond donors (Lipinski definition) is 2. The van der Waals surface area contributed by atoms with E-state index in [9.17, 15) is 9.90 Å². The summed E-state index contributed by atoms with van der Waals surface area (Å²) in [6.07, 6.45) is 0. The van der Waals surface area contributed by atoms with Crippen LogP contribution >= 0.6 is 0 Å². The summed E-state index contributed by atoms with van der Waals surface area (Å²) in [5.74, 6) is -0.0418. The molecule has 0 heterocycles. The van der Waals surface area contributed by atoms with Crippen LogP contribution in [0.1, 0.15) is 38.1 Å². The first-order valence-electron chi connectivity index (χ1n) is 6.69. The van der Waals surface area contributed by atoms with Gasteiger partial charge in [-0.05, 0) is 24.0 Å². The zero-order valence-electron chi connectivity index (χ0n) is 12.2. The van der Waals surface area contributed by atoms with Gasteiger partial charge in [0.05, 0.1) is 16.9 Å². The van der Waals surface area contributed by atoms with Crippen molar-refractivity contribution in [2.75, 3.05) is 23.7 Å². The molecule has 3 N–H and O–H groups in total. The first-order valence-corrected chi connectivity index (χ1v) is 6.69. The number of carbonyl (C=O) groups is 1. The van der Waals surface area contributed by atoms with Crippen molar-refractivity contribution in [2.24, 2.45) is 11.8 Å². The molecule has 0 spiro atoms. The van der Waals surface area contributed by atoms with E-state index in [4.69, 9.17) is 5.73 Å². The first kappa shape index (κ1) is 15.3. The Balaban J connectivity index is 3.23. The summed E-state index contributed by atoms with van der Waals surface area (Å²) in [5.41, 5.74) is 7.46. The van der Waals surface area contributed by atoms with E-state index < -0.39 is 5.97 Å². The van der Waals surface area contributed by atoms with E-state index in [1.54, 1.807) is 18.2 Å². The minimum absolute atomic E-state index is 0.279. The number of carboxylic acid groups (broad SMARTS) is 1. The topological polar surface area (TPSA) is 66.6 Å². The molecule has 4 heteroatoms. The Morgan fingerprint density at radius 2 is 1.74 bits per heavy atom. The maximum Gasteiger partial charge on any atom is 0.337 e. The van der Waals surface area contributed by atoms with Gasteiger partial charge in [0.1, 0.15) is 0 Å². The molecule has 0 aliphatic heterocycles. The molecule has 0 aromatic heterocycles. The molecule has 1 rings (SSSR count). The van der Waals surface area contributed by atoms with Gasteiger partial charge in [-0.2, -0.15) is 0 Å². The second-order valence-corrected chi connectivity index (χ2v) is 5.74. The van der Waals surface area contributed by atoms with Crippen molar-refractivity contribution in [3.63, 3.8) is 0 Å². The Morgan fingerprint density at radius 1 is 1.21 bits per heavy atom. The van der Waals surface area contributed by atoms with Gasteiger partial charge in [-0.1, -0.05) is 33.8 Å². The summed E-state index contributed by atoms with van der Waals surface area (Å²) >= 11 is 0. The Hall–Kier alpha value is -1.71. The molecule has 0 saturated heterocycles. The number of nitrogens with two attached hydrogens (primary N) is 1. The largest absolute Gasteiger partial charge is 0.478 e. The SMILES string of the molecule is CC(C)CN(CC(C)C)c1c(N)cccc1C(=O)O. The van der Waals surface area contributed by atoms with E-state index in [1.165, 1.54) is 0 Å². The molecule has 0 saturated carbocycles. The standard InChI is InChI=1S/C15H24N2O2/c1-10(2)8-17(9-11(3)4)14-12(15(18)19)6-5-7-13(14)16/h5-7,10-11H,8-9,16H2,1-4H3,(H,18,19). The van der Waals surface area contributed by atoms with Crippen LogP contribution in [-0.2, 0) is 0 Å². The number of nitrogens with zero attached hydrogens (tertiary/aromatic N) is 1. The van der Waals surface area contributed by atoms with E-state index in [2.05, 4.69) is 32.6 Å². The first-order chi connectivity index (χ1) is 8.82. The van der Waals surface area contributed by atoms with Crippen LogP contribution in [0.2, 0.25) is 0 Å². The van der Waals surface area contributed by atoms with E-state index in [0.29, 0.717) is 23.2 Å². The number of anilines is 2. The lowest BCUT2D eigenvalue weighted by Gasteiger charge is -2.30. The summed E-state index contributed by atoms with van der Waals surface area (Å²) in [6.45, 7) is 10.1. The van der Waals surface area contributed by atoms with Crippen molar-refractivity contribution in [2.45, 2.75) is 27.7 Å². The Labute approximate surface area is 115 Å². The van der Waals surface area contributed by atoms with Crippen LogP contribution in [0.15, 0.2) is 18.2 Å². The third-order valence-corrected chi connectivity index (χ3v) is 2.78. The lowest BCUT2D eigenvalue weighted by molar-refractivity contribution is 0.0697. The molecule has 0 aliphatic carbocycles. The van der Waals surface area contributed by atoms with Gasteiger partial charge in [0.15, 0.2) is 0 Å². The van der Waals surface area contributed by atoms with Crippen molar-refractivity contribution in [1.29, 1.82) is 0 Å². The van der Waals surface area contributed by atoms with E-state index in [0.717, 1.165) is 13.1 Å². The van der Waals surface area contributed by atoms with E-state index >= 15 is 0 Å². The minimum atomic E-state index is -0.931. The lowest BCUT2D eigenvalue weighted by Crippen LogP contribution is -2.33. The highest BCUT2D eigenvalue weighted by molar-refractivity contribution is 5.98. The van der Waals surface area contributed by atoms with Crippen LogP contribution in [0.3, 0.4) is 0 Å². The molecule has 0 atom stereocenters. The summed E-state index contributed by atoms with van der Waals surface area (Å²) in [5, 5.41) is 9.33. The van der Waals surface area contributed by atoms with Gasteiger partial charge in [-0.3, -0.25) is 0 Å². The molecule has 0 bridgehead atoms. The van der Waals surface area contributed by atoms with Gasteiger partial charge in [0.25, 0.3) is 0 Å². The number of aromatic carboxylic acids is 1. The van der Waals surface area contributed by atoms with Gasteiger partial charge in [-0.25, -0.2) is 4.79 Å². The second kappa shape index (κ2) is 6.45. The van der Waals surface area contributed by atoms with Crippen molar-refractivity contribution in [3.8, 4) is 0 Å². The monoisotopic (exact) mass is 264 g/mol. The quantitative estimate of drug-likeness (QED) is 0.775. The zero-order chi connectivity index (χ0) is 14.6. The fraction of sp³-hybridized carbons (Fsp3) is 0.533. The molecule has 4 nitrogen and oxygen atoms in total. The summed E-state index contributed by atoms with van der Waals surface area (Å²) in [6, 6.07) is 5.06. The number of nitrogen functional groups attached to an aromatic ring is 1. The molecule has 0 amide bonds. The van der Waals surface area contributed by atoms with Gasteiger partial charge in [-0.15, -0.1) is 0 Å². The highest BCUT2D eigenvalue weighted by Crippen LogP contribution is 2.29. The molecule has 19 heavy (non-hydrogen) atoms. The number of benzene rings is 1. The van der Waals surface area contributed by atoms with E-state index in [-0.39, 0.29) is 5.56 Å². The summed E-state index contributed by atoms with van der Waals surface area (Å²) in [7, 11) is 0. The molecule has 0 radical (unpaired) electrons. The molecular formula is C15H24N2O2. The molecule has 0 fully saturated rings. The van der Waals surface area contributed by atoms with Gasteiger partial charge in [0.2, 0.25) is 0 Å². The lowest BCUT2D eigenvalue weighted by atomic mass is 10.1. The molecule has 0 unspecified atom stereocenters. The fourth-order valence-electron chi connectivity index (χ4n) is 2.23. The van der Waals surface area contributed by atoms with Crippen LogP contribution in [0.25, 0.3) is 0 Å². The maximum atomic E-state index is 11.4. The van der Waals surface area contributed by atoms with E-state index in [1.807, 2.05) is 0 Å². The number of para-hydroxylation sites is 1. The average molecular weight is 264 g/mol. The summed E-state index contributed by atoms with van der Waals surface area (Å²) < 4.78 is 0. The molecule has 1 aromatic carbocycles. The van der Waals surface area contributed by atoms with Crippen molar-refractivity contribution in [3.05, 3.63) is 23.8 Å². The predicted octanol–water partition coefficient (Wildman–Crippen LogP) is 3.09. The molecule has 106 valence electrons. The number of carboxylic acids is 1. The van der Waals surface area contributed by atoms with Crippen LogP contribution in [0.4, 0.5) is 11.4 Å². The van der Waals surface area contributed by atoms with Crippen molar-refractivity contribution < 1.29 is 9.90 Å². The smallest absolute Gasteiger partial charge is 0.337 e. The Bertz CT molecular complexity index is 432. The van der Waals surface area contributed by atoms with Gasteiger partial charge in [0, 0.05) is 13.1 Å². The third kappa shape index (κ3) is 4.16. The third-order valence-electron chi connectivity index (χ3n) is 2.78. The Morgan fingerprint density at radius 3 is 2.16 bits per heavy atom. The Kier molecular flexibility index (Phi) is 5.21. The predicted molar refractivity (Wildman–Crippen MR) is 79.7 cm³/mol. The summed E-state index contributed by atoms with van der Waals surface area (Å²) in [4.78, 5) is 13.5. The minimum Gasteiger partial charge on any atom is -0.478 e. The normalized spacial score (nSPS) is 11.1. The highest BCUT2D eigenvalue weighted by Gasteiger charge is 2.20. The van der Waals surface area contributed by atoms with Crippen molar-refractivity contribution in [1.82, 2.24) is 0 Å². The molecule has 0 aliphatic rings. The second-order valence-electron chi connectivity index (χ2n) is 5.74.